The van der Waals surface area contributed by atoms with Crippen LogP contribution in [0, 0.1) is 17.2 Å². The summed E-state index contributed by atoms with van der Waals surface area (Å²) in [6.07, 6.45) is 0.317. The van der Waals surface area contributed by atoms with Crippen LogP contribution in [-0.2, 0) is 9.59 Å². The second-order valence-electron chi connectivity index (χ2n) is 2.86. The molecule has 1 atom stereocenters. The minimum Gasteiger partial charge on any atom is -0.341 e. The highest BCUT2D eigenvalue weighted by Gasteiger charge is 2.27. The van der Waals surface area contributed by atoms with Crippen LogP contribution in [0.3, 0.4) is 0 Å². The summed E-state index contributed by atoms with van der Waals surface area (Å²) in [6, 6.07) is 1.90. The Bertz CT molecular complexity index is 254. The molecule has 4 heteroatoms. The topological polar surface area (TPSA) is 61.2 Å². The molecule has 0 aliphatic carbocycles. The summed E-state index contributed by atoms with van der Waals surface area (Å²) >= 11 is 0. The summed E-state index contributed by atoms with van der Waals surface area (Å²) in [7, 11) is 0. The molecule has 64 valence electrons. The Morgan fingerprint density at radius 3 is 2.92 bits per heavy atom. The molecule has 1 heterocycles. The van der Waals surface area contributed by atoms with Crippen molar-refractivity contribution in [2.24, 2.45) is 5.92 Å². The number of piperidine rings is 1. The fourth-order valence-corrected chi connectivity index (χ4v) is 1.23. The van der Waals surface area contributed by atoms with E-state index < -0.39 is 5.92 Å². The third-order valence-electron chi connectivity index (χ3n) is 2.02. The van der Waals surface area contributed by atoms with E-state index in [0.29, 0.717) is 13.0 Å². The number of nitrogens with zero attached hydrogens (tertiary/aromatic N) is 2. The number of hydrogen-bond acceptors (Lipinski definition) is 3. The highest BCUT2D eigenvalue weighted by atomic mass is 16.2. The lowest BCUT2D eigenvalue weighted by Crippen LogP contribution is -2.42. The molecule has 0 unspecified atom stereocenters. The number of amides is 1. The zero-order chi connectivity index (χ0) is 9.14. The van der Waals surface area contributed by atoms with Crippen molar-refractivity contribution in [3.63, 3.8) is 0 Å². The first-order chi connectivity index (χ1) is 5.65. The molecule has 1 aliphatic rings. The molecule has 1 amide bonds. The predicted octanol–water partition coefficient (Wildman–Crippen LogP) is -0.0525. The second kappa shape index (κ2) is 3.35. The highest BCUT2D eigenvalue weighted by molar-refractivity contribution is 5.86. The molecule has 0 bridgehead atoms. The number of Topliss-reactive ketones (excluding diaryl/α,β-unsaturated/α-hetero) is 1. The SMILES string of the molecule is CC(=O)N1CCC(=O)[C@@H](C#N)C1. The zero-order valence-electron chi connectivity index (χ0n) is 6.91. The van der Waals surface area contributed by atoms with Gasteiger partial charge in [0.1, 0.15) is 5.92 Å². The largest absolute Gasteiger partial charge is 0.341 e. The highest BCUT2D eigenvalue weighted by Crippen LogP contribution is 2.11. The molecule has 0 aromatic heterocycles. The Morgan fingerprint density at radius 1 is 1.75 bits per heavy atom. The van der Waals surface area contributed by atoms with E-state index in [-0.39, 0.29) is 18.2 Å². The van der Waals surface area contributed by atoms with Gasteiger partial charge in [-0.1, -0.05) is 0 Å². The summed E-state index contributed by atoms with van der Waals surface area (Å²) in [6.45, 7) is 2.18. The van der Waals surface area contributed by atoms with E-state index in [1.54, 1.807) is 0 Å². The normalized spacial score (nSPS) is 23.5. The maximum Gasteiger partial charge on any atom is 0.219 e. The molecule has 0 radical (unpaired) electrons. The third kappa shape index (κ3) is 1.62. The number of carbonyl (C=O) groups is 2. The van der Waals surface area contributed by atoms with Crippen molar-refractivity contribution in [3.05, 3.63) is 0 Å². The number of ketones is 1. The van der Waals surface area contributed by atoms with Gasteiger partial charge in [0.05, 0.1) is 6.07 Å². The summed E-state index contributed by atoms with van der Waals surface area (Å²) in [4.78, 5) is 23.4. The van der Waals surface area contributed by atoms with Crippen molar-refractivity contribution in [2.75, 3.05) is 13.1 Å². The summed E-state index contributed by atoms with van der Waals surface area (Å²) in [5.41, 5.74) is 0. The first kappa shape index (κ1) is 8.72. The second-order valence-corrected chi connectivity index (χ2v) is 2.86. The Morgan fingerprint density at radius 2 is 2.42 bits per heavy atom. The average Bonchev–Trinajstić information content (AvgIpc) is 2.05. The number of hydrogen-bond donors (Lipinski definition) is 0. The first-order valence-corrected chi connectivity index (χ1v) is 3.83. The third-order valence-corrected chi connectivity index (χ3v) is 2.02. The number of likely N-dealkylation sites (tertiary alicyclic amines) is 1. The minimum atomic E-state index is -0.609. The van der Waals surface area contributed by atoms with Crippen LogP contribution in [0.5, 0.6) is 0 Å². The standard InChI is InChI=1S/C8H10N2O2/c1-6(11)10-3-2-8(12)7(4-9)5-10/h7H,2-3,5H2,1H3/t7-/m0/s1. The van der Waals surface area contributed by atoms with Gasteiger partial charge in [0.25, 0.3) is 0 Å². The lowest BCUT2D eigenvalue weighted by molar-refractivity contribution is -0.134. The van der Waals surface area contributed by atoms with Crippen LogP contribution >= 0.6 is 0 Å². The molecule has 0 saturated carbocycles. The van der Waals surface area contributed by atoms with Crippen LogP contribution in [0.4, 0.5) is 0 Å². The fourth-order valence-electron chi connectivity index (χ4n) is 1.23. The van der Waals surface area contributed by atoms with Crippen molar-refractivity contribution in [1.29, 1.82) is 5.26 Å². The van der Waals surface area contributed by atoms with Gasteiger partial charge >= 0.3 is 0 Å². The number of carbonyl (C=O) groups excluding carboxylic acids is 2. The number of nitriles is 1. The molecule has 0 aromatic rings. The van der Waals surface area contributed by atoms with Crippen LogP contribution in [0.25, 0.3) is 0 Å². The van der Waals surface area contributed by atoms with Gasteiger partial charge in [0.15, 0.2) is 5.78 Å². The lowest BCUT2D eigenvalue weighted by Gasteiger charge is -2.27. The van der Waals surface area contributed by atoms with Crippen molar-refractivity contribution in [1.82, 2.24) is 4.90 Å². The van der Waals surface area contributed by atoms with Gasteiger partial charge in [0, 0.05) is 26.4 Å². The summed E-state index contributed by atoms with van der Waals surface area (Å²) in [5, 5.41) is 8.55. The summed E-state index contributed by atoms with van der Waals surface area (Å²) in [5.74, 6) is -0.722. The lowest BCUT2D eigenvalue weighted by atomic mass is 9.98. The van der Waals surface area contributed by atoms with Gasteiger partial charge in [-0.15, -0.1) is 0 Å². The van der Waals surface area contributed by atoms with Gasteiger partial charge in [-0.25, -0.2) is 0 Å². The van der Waals surface area contributed by atoms with Crippen LogP contribution in [-0.4, -0.2) is 29.7 Å². The van der Waals surface area contributed by atoms with Crippen molar-refractivity contribution < 1.29 is 9.59 Å². The van der Waals surface area contributed by atoms with Crippen LogP contribution in [0.15, 0.2) is 0 Å². The van der Waals surface area contributed by atoms with E-state index in [9.17, 15) is 9.59 Å². The maximum atomic E-state index is 11.0. The van der Waals surface area contributed by atoms with E-state index in [0.717, 1.165) is 0 Å². The van der Waals surface area contributed by atoms with Crippen LogP contribution in [0.1, 0.15) is 13.3 Å². The van der Waals surface area contributed by atoms with Gasteiger partial charge in [0.2, 0.25) is 5.91 Å². The van der Waals surface area contributed by atoms with Gasteiger partial charge < -0.3 is 4.90 Å². The van der Waals surface area contributed by atoms with E-state index in [1.165, 1.54) is 11.8 Å². The minimum absolute atomic E-state index is 0.0463. The van der Waals surface area contributed by atoms with E-state index >= 15 is 0 Å². The van der Waals surface area contributed by atoms with Crippen LogP contribution in [0.2, 0.25) is 0 Å². The molecule has 0 spiro atoms. The molecular formula is C8H10N2O2. The number of rotatable bonds is 0. The average molecular weight is 166 g/mol. The monoisotopic (exact) mass is 166 g/mol. The molecule has 1 fully saturated rings. The molecule has 1 saturated heterocycles. The van der Waals surface area contributed by atoms with Gasteiger partial charge in [-0.05, 0) is 0 Å². The Balaban J connectivity index is 2.63. The van der Waals surface area contributed by atoms with Crippen molar-refractivity contribution in [3.8, 4) is 6.07 Å². The van der Waals surface area contributed by atoms with Crippen LogP contribution < -0.4 is 0 Å². The quantitative estimate of drug-likeness (QED) is 0.506. The first-order valence-electron chi connectivity index (χ1n) is 3.83. The predicted molar refractivity (Wildman–Crippen MR) is 41.0 cm³/mol. The summed E-state index contributed by atoms with van der Waals surface area (Å²) < 4.78 is 0. The molecule has 0 N–H and O–H groups in total. The Hall–Kier alpha value is -1.37. The fraction of sp³-hybridized carbons (Fsp3) is 0.625. The van der Waals surface area contributed by atoms with Gasteiger partial charge in [-0.2, -0.15) is 5.26 Å². The molecular weight excluding hydrogens is 156 g/mol. The molecule has 12 heavy (non-hydrogen) atoms. The van der Waals surface area contributed by atoms with E-state index in [1.807, 2.05) is 6.07 Å². The Kier molecular flexibility index (Phi) is 2.44. The smallest absolute Gasteiger partial charge is 0.219 e. The van der Waals surface area contributed by atoms with Crippen molar-refractivity contribution in [2.45, 2.75) is 13.3 Å². The molecule has 4 nitrogen and oxygen atoms in total. The maximum absolute atomic E-state index is 11.0. The van der Waals surface area contributed by atoms with E-state index in [4.69, 9.17) is 5.26 Å². The van der Waals surface area contributed by atoms with E-state index in [2.05, 4.69) is 0 Å². The molecule has 1 rings (SSSR count). The van der Waals surface area contributed by atoms with Crippen molar-refractivity contribution >= 4 is 11.7 Å². The molecule has 1 aliphatic heterocycles. The molecule has 0 aromatic carbocycles. The zero-order valence-corrected chi connectivity index (χ0v) is 6.91. The van der Waals surface area contributed by atoms with Gasteiger partial charge in [-0.3, -0.25) is 9.59 Å². The Labute approximate surface area is 70.8 Å².